The maximum atomic E-state index is 12.6. The minimum absolute atomic E-state index is 0.148. The van der Waals surface area contributed by atoms with Gasteiger partial charge in [0.2, 0.25) is 0 Å². The molecule has 0 aliphatic carbocycles. The van der Waals surface area contributed by atoms with E-state index >= 15 is 0 Å². The SMILES string of the molecule is CC1CN2CCCC2CN1C(=O)c1cccc(S)c1. The number of thiol groups is 1. The Morgan fingerprint density at radius 3 is 3.00 bits per heavy atom. The first-order valence-corrected chi connectivity index (χ1v) is 7.44. The molecular formula is C15H20N2OS. The second-order valence-corrected chi connectivity index (χ2v) is 6.16. The van der Waals surface area contributed by atoms with Crippen molar-refractivity contribution in [2.45, 2.75) is 36.7 Å². The molecule has 0 radical (unpaired) electrons. The molecule has 2 atom stereocenters. The fourth-order valence-corrected chi connectivity index (χ4v) is 3.50. The summed E-state index contributed by atoms with van der Waals surface area (Å²) in [4.78, 5) is 18.0. The molecule has 19 heavy (non-hydrogen) atoms. The second kappa shape index (κ2) is 5.17. The predicted octanol–water partition coefficient (Wildman–Crippen LogP) is 2.28. The van der Waals surface area contributed by atoms with Gasteiger partial charge in [-0.3, -0.25) is 9.69 Å². The number of carbonyl (C=O) groups excluding carboxylic acids is 1. The zero-order valence-electron chi connectivity index (χ0n) is 11.2. The van der Waals surface area contributed by atoms with Crippen LogP contribution in [0.4, 0.5) is 0 Å². The fraction of sp³-hybridized carbons (Fsp3) is 0.533. The Labute approximate surface area is 120 Å². The van der Waals surface area contributed by atoms with Crippen LogP contribution in [0.2, 0.25) is 0 Å². The number of fused-ring (bicyclic) bond motifs is 1. The van der Waals surface area contributed by atoms with Crippen molar-refractivity contribution in [3.63, 3.8) is 0 Å². The molecule has 2 unspecified atom stereocenters. The molecule has 3 rings (SSSR count). The van der Waals surface area contributed by atoms with Crippen LogP contribution >= 0.6 is 12.6 Å². The Bertz CT molecular complexity index is 491. The molecule has 102 valence electrons. The third kappa shape index (κ3) is 2.51. The zero-order valence-corrected chi connectivity index (χ0v) is 12.1. The molecular weight excluding hydrogens is 256 g/mol. The molecule has 1 aromatic carbocycles. The quantitative estimate of drug-likeness (QED) is 0.796. The minimum Gasteiger partial charge on any atom is -0.333 e. The van der Waals surface area contributed by atoms with E-state index in [-0.39, 0.29) is 5.91 Å². The third-order valence-corrected chi connectivity index (χ3v) is 4.57. The van der Waals surface area contributed by atoms with E-state index in [0.717, 1.165) is 23.5 Å². The first-order chi connectivity index (χ1) is 9.15. The Hall–Kier alpha value is -1.00. The van der Waals surface area contributed by atoms with Gasteiger partial charge in [-0.2, -0.15) is 0 Å². The van der Waals surface area contributed by atoms with Gasteiger partial charge < -0.3 is 4.90 Å². The van der Waals surface area contributed by atoms with Crippen LogP contribution in [0, 0.1) is 0 Å². The summed E-state index contributed by atoms with van der Waals surface area (Å²) in [6, 6.07) is 8.41. The van der Waals surface area contributed by atoms with Gasteiger partial charge >= 0.3 is 0 Å². The first kappa shape index (κ1) is 13.0. The topological polar surface area (TPSA) is 23.6 Å². The van der Waals surface area contributed by atoms with E-state index in [1.165, 1.54) is 19.4 Å². The van der Waals surface area contributed by atoms with Crippen molar-refractivity contribution in [2.75, 3.05) is 19.6 Å². The van der Waals surface area contributed by atoms with Gasteiger partial charge in [-0.1, -0.05) is 6.07 Å². The van der Waals surface area contributed by atoms with Crippen LogP contribution in [0.1, 0.15) is 30.1 Å². The van der Waals surface area contributed by atoms with Crippen LogP contribution in [0.25, 0.3) is 0 Å². The molecule has 4 heteroatoms. The van der Waals surface area contributed by atoms with E-state index in [1.54, 1.807) is 0 Å². The number of hydrogen-bond donors (Lipinski definition) is 1. The molecule has 0 bridgehead atoms. The van der Waals surface area contributed by atoms with Crippen molar-refractivity contribution < 1.29 is 4.79 Å². The number of carbonyl (C=O) groups is 1. The molecule has 2 fully saturated rings. The van der Waals surface area contributed by atoms with Gasteiger partial charge in [0.1, 0.15) is 0 Å². The normalized spacial score (nSPS) is 27.4. The average molecular weight is 276 g/mol. The van der Waals surface area contributed by atoms with E-state index in [2.05, 4.69) is 24.5 Å². The highest BCUT2D eigenvalue weighted by molar-refractivity contribution is 7.80. The van der Waals surface area contributed by atoms with E-state index in [9.17, 15) is 4.79 Å². The summed E-state index contributed by atoms with van der Waals surface area (Å²) in [5.74, 6) is 0.148. The molecule has 0 N–H and O–H groups in total. The van der Waals surface area contributed by atoms with Crippen molar-refractivity contribution in [3.05, 3.63) is 29.8 Å². The van der Waals surface area contributed by atoms with Gasteiger partial charge in [0, 0.05) is 35.6 Å². The lowest BCUT2D eigenvalue weighted by atomic mass is 10.1. The highest BCUT2D eigenvalue weighted by Crippen LogP contribution is 2.26. The summed E-state index contributed by atoms with van der Waals surface area (Å²) in [5.41, 5.74) is 0.755. The molecule has 1 aromatic rings. The number of piperazine rings is 1. The van der Waals surface area contributed by atoms with Gasteiger partial charge in [0.15, 0.2) is 0 Å². The summed E-state index contributed by atoms with van der Waals surface area (Å²) in [5, 5.41) is 0. The molecule has 2 heterocycles. The molecule has 2 aliphatic rings. The molecule has 2 saturated heterocycles. The Balaban J connectivity index is 1.79. The molecule has 3 nitrogen and oxygen atoms in total. The Morgan fingerprint density at radius 1 is 1.37 bits per heavy atom. The van der Waals surface area contributed by atoms with Gasteiger partial charge in [-0.05, 0) is 44.5 Å². The zero-order chi connectivity index (χ0) is 13.4. The smallest absolute Gasteiger partial charge is 0.254 e. The van der Waals surface area contributed by atoms with Gasteiger partial charge in [-0.15, -0.1) is 12.6 Å². The second-order valence-electron chi connectivity index (χ2n) is 5.65. The van der Waals surface area contributed by atoms with Crippen LogP contribution in [0.15, 0.2) is 29.2 Å². The highest BCUT2D eigenvalue weighted by atomic mass is 32.1. The van der Waals surface area contributed by atoms with Crippen LogP contribution in [0.3, 0.4) is 0 Å². The number of rotatable bonds is 1. The van der Waals surface area contributed by atoms with Crippen LogP contribution < -0.4 is 0 Å². The van der Waals surface area contributed by atoms with Crippen LogP contribution in [-0.2, 0) is 0 Å². The lowest BCUT2D eigenvalue weighted by molar-refractivity contribution is 0.0395. The summed E-state index contributed by atoms with van der Waals surface area (Å²) in [7, 11) is 0. The van der Waals surface area contributed by atoms with Gasteiger partial charge in [0.05, 0.1) is 0 Å². The largest absolute Gasteiger partial charge is 0.333 e. The lowest BCUT2D eigenvalue weighted by Crippen LogP contribution is -2.56. The Kier molecular flexibility index (Phi) is 3.54. The van der Waals surface area contributed by atoms with Crippen LogP contribution in [0.5, 0.6) is 0 Å². The summed E-state index contributed by atoms with van der Waals surface area (Å²) in [6.07, 6.45) is 2.49. The van der Waals surface area contributed by atoms with Gasteiger partial charge in [0.25, 0.3) is 5.91 Å². The maximum Gasteiger partial charge on any atom is 0.254 e. The summed E-state index contributed by atoms with van der Waals surface area (Å²) < 4.78 is 0. The van der Waals surface area contributed by atoms with Crippen molar-refractivity contribution in [1.82, 2.24) is 9.80 Å². The molecule has 0 spiro atoms. The average Bonchev–Trinajstić information content (AvgIpc) is 2.84. The van der Waals surface area contributed by atoms with Crippen molar-refractivity contribution in [2.24, 2.45) is 0 Å². The predicted molar refractivity (Wildman–Crippen MR) is 78.8 cm³/mol. The summed E-state index contributed by atoms with van der Waals surface area (Å²) >= 11 is 4.32. The summed E-state index contributed by atoms with van der Waals surface area (Å²) in [6.45, 7) is 5.23. The highest BCUT2D eigenvalue weighted by Gasteiger charge is 2.36. The van der Waals surface area contributed by atoms with Crippen molar-refractivity contribution in [3.8, 4) is 0 Å². The lowest BCUT2D eigenvalue weighted by Gasteiger charge is -2.42. The monoisotopic (exact) mass is 276 g/mol. The van der Waals surface area contributed by atoms with E-state index in [4.69, 9.17) is 0 Å². The Morgan fingerprint density at radius 2 is 2.21 bits per heavy atom. The molecule has 0 saturated carbocycles. The van der Waals surface area contributed by atoms with E-state index in [1.807, 2.05) is 29.2 Å². The van der Waals surface area contributed by atoms with Crippen LogP contribution in [-0.4, -0.2) is 47.4 Å². The van der Waals surface area contributed by atoms with E-state index < -0.39 is 0 Å². The molecule has 0 aromatic heterocycles. The first-order valence-electron chi connectivity index (χ1n) is 6.99. The minimum atomic E-state index is 0.148. The molecule has 1 amide bonds. The standard InChI is InChI=1S/C15H20N2OS/c1-11-9-16-7-3-5-13(16)10-17(11)15(18)12-4-2-6-14(19)8-12/h2,4,6,8,11,13,19H,3,5,7,9-10H2,1H3. The molecule has 2 aliphatic heterocycles. The number of nitrogens with zero attached hydrogens (tertiary/aromatic N) is 2. The third-order valence-electron chi connectivity index (χ3n) is 4.29. The van der Waals surface area contributed by atoms with Crippen molar-refractivity contribution >= 4 is 18.5 Å². The number of hydrogen-bond acceptors (Lipinski definition) is 3. The van der Waals surface area contributed by atoms with E-state index in [0.29, 0.717) is 12.1 Å². The fourth-order valence-electron chi connectivity index (χ4n) is 3.28. The van der Waals surface area contributed by atoms with Gasteiger partial charge in [-0.25, -0.2) is 0 Å². The maximum absolute atomic E-state index is 12.6. The number of benzene rings is 1. The van der Waals surface area contributed by atoms with Crippen molar-refractivity contribution in [1.29, 1.82) is 0 Å². The number of amides is 1.